The summed E-state index contributed by atoms with van der Waals surface area (Å²) in [5.41, 5.74) is 0.462. The summed E-state index contributed by atoms with van der Waals surface area (Å²) in [4.78, 5) is 23.7. The van der Waals surface area contributed by atoms with Crippen molar-refractivity contribution in [3.05, 3.63) is 29.5 Å². The third-order valence-electron chi connectivity index (χ3n) is 2.78. The summed E-state index contributed by atoms with van der Waals surface area (Å²) < 4.78 is 11.2. The molecule has 0 aliphatic carbocycles. The van der Waals surface area contributed by atoms with Crippen molar-refractivity contribution in [3.63, 3.8) is 0 Å². The highest BCUT2D eigenvalue weighted by Gasteiger charge is 2.18. The van der Waals surface area contributed by atoms with Gasteiger partial charge in [-0.15, -0.1) is 5.10 Å². The number of aromatic nitrogens is 4. The van der Waals surface area contributed by atoms with E-state index in [1.807, 2.05) is 0 Å². The lowest BCUT2D eigenvalue weighted by molar-refractivity contribution is -0.153. The molecule has 2 aromatic rings. The molecule has 10 heteroatoms. The quantitative estimate of drug-likeness (QED) is 0.779. The Labute approximate surface area is 136 Å². The minimum atomic E-state index is -0.986. The summed E-state index contributed by atoms with van der Waals surface area (Å²) in [5, 5.41) is 13.3. The van der Waals surface area contributed by atoms with Crippen molar-refractivity contribution < 1.29 is 19.1 Å². The SMILES string of the molecule is COc1ccc(NC(=O)[C@@H](C)OC(=O)Cn2cnnn2)cc1Cl. The van der Waals surface area contributed by atoms with Crippen LogP contribution in [0.4, 0.5) is 5.69 Å². The van der Waals surface area contributed by atoms with E-state index in [2.05, 4.69) is 20.8 Å². The van der Waals surface area contributed by atoms with Crippen molar-refractivity contribution in [2.75, 3.05) is 12.4 Å². The monoisotopic (exact) mass is 339 g/mol. The third-order valence-corrected chi connectivity index (χ3v) is 3.07. The zero-order valence-electron chi connectivity index (χ0n) is 12.4. The first-order valence-corrected chi connectivity index (χ1v) is 6.92. The van der Waals surface area contributed by atoms with Crippen molar-refractivity contribution >= 4 is 29.2 Å². The van der Waals surface area contributed by atoms with Crippen LogP contribution in [0.5, 0.6) is 5.75 Å². The molecule has 2 rings (SSSR count). The summed E-state index contributed by atoms with van der Waals surface area (Å²) in [6, 6.07) is 4.78. The maximum Gasteiger partial charge on any atom is 0.328 e. The predicted molar refractivity (Wildman–Crippen MR) is 80.0 cm³/mol. The molecule has 1 aromatic carbocycles. The van der Waals surface area contributed by atoms with Crippen molar-refractivity contribution in [2.45, 2.75) is 19.6 Å². The fourth-order valence-corrected chi connectivity index (χ4v) is 1.92. The fourth-order valence-electron chi connectivity index (χ4n) is 1.66. The molecule has 0 spiro atoms. The molecule has 0 aliphatic heterocycles. The van der Waals surface area contributed by atoms with Gasteiger partial charge in [-0.05, 0) is 35.5 Å². The number of esters is 1. The maximum atomic E-state index is 12.0. The van der Waals surface area contributed by atoms with Gasteiger partial charge in [-0.3, -0.25) is 9.59 Å². The Hall–Kier alpha value is -2.68. The van der Waals surface area contributed by atoms with Gasteiger partial charge >= 0.3 is 5.97 Å². The van der Waals surface area contributed by atoms with Crippen molar-refractivity contribution in [1.29, 1.82) is 0 Å². The second-order valence-corrected chi connectivity index (χ2v) is 4.89. The second-order valence-electron chi connectivity index (χ2n) is 4.48. The van der Waals surface area contributed by atoms with E-state index in [-0.39, 0.29) is 6.54 Å². The fraction of sp³-hybridized carbons (Fsp3) is 0.308. The first-order valence-electron chi connectivity index (χ1n) is 6.54. The molecule has 0 radical (unpaired) electrons. The van der Waals surface area contributed by atoms with Crippen LogP contribution in [0.1, 0.15) is 6.92 Å². The van der Waals surface area contributed by atoms with Gasteiger partial charge in [0.2, 0.25) is 0 Å². The zero-order chi connectivity index (χ0) is 16.8. The number of amides is 1. The second kappa shape index (κ2) is 7.54. The van der Waals surface area contributed by atoms with Crippen LogP contribution in [0.15, 0.2) is 24.5 Å². The topological polar surface area (TPSA) is 108 Å². The van der Waals surface area contributed by atoms with E-state index in [1.54, 1.807) is 12.1 Å². The van der Waals surface area contributed by atoms with Gasteiger partial charge in [-0.1, -0.05) is 11.6 Å². The average Bonchev–Trinajstić information content (AvgIpc) is 3.00. The number of ether oxygens (including phenoxy) is 2. The number of benzene rings is 1. The first kappa shape index (κ1) is 16.7. The number of nitrogens with zero attached hydrogens (tertiary/aromatic N) is 4. The Morgan fingerprint density at radius 1 is 1.43 bits per heavy atom. The zero-order valence-corrected chi connectivity index (χ0v) is 13.1. The van der Waals surface area contributed by atoms with Gasteiger partial charge in [0.1, 0.15) is 18.6 Å². The number of carbonyl (C=O) groups is 2. The minimum Gasteiger partial charge on any atom is -0.495 e. The summed E-state index contributed by atoms with van der Waals surface area (Å²) >= 11 is 5.97. The van der Waals surface area contributed by atoms with Gasteiger partial charge in [-0.25, -0.2) is 4.68 Å². The van der Waals surface area contributed by atoms with Crippen molar-refractivity contribution in [1.82, 2.24) is 20.2 Å². The molecule has 0 saturated carbocycles. The van der Waals surface area contributed by atoms with E-state index < -0.39 is 18.0 Å². The van der Waals surface area contributed by atoms with Crippen LogP contribution in [-0.2, 0) is 20.9 Å². The number of nitrogens with one attached hydrogen (secondary N) is 1. The van der Waals surface area contributed by atoms with E-state index in [4.69, 9.17) is 21.1 Å². The molecule has 0 saturated heterocycles. The van der Waals surface area contributed by atoms with Crippen LogP contribution in [0.3, 0.4) is 0 Å². The smallest absolute Gasteiger partial charge is 0.328 e. The number of rotatable bonds is 6. The van der Waals surface area contributed by atoms with E-state index in [9.17, 15) is 9.59 Å². The number of anilines is 1. The summed E-state index contributed by atoms with van der Waals surface area (Å²) in [5.74, 6) is -0.630. The lowest BCUT2D eigenvalue weighted by atomic mass is 10.3. The molecule has 23 heavy (non-hydrogen) atoms. The average molecular weight is 340 g/mol. The van der Waals surface area contributed by atoms with Gasteiger partial charge in [0.25, 0.3) is 5.91 Å². The highest BCUT2D eigenvalue weighted by Crippen LogP contribution is 2.27. The van der Waals surface area contributed by atoms with Gasteiger partial charge < -0.3 is 14.8 Å². The van der Waals surface area contributed by atoms with Crippen molar-refractivity contribution in [3.8, 4) is 5.75 Å². The van der Waals surface area contributed by atoms with Gasteiger partial charge in [-0.2, -0.15) is 0 Å². The molecular formula is C13H14ClN5O4. The van der Waals surface area contributed by atoms with Crippen LogP contribution in [-0.4, -0.2) is 45.3 Å². The largest absolute Gasteiger partial charge is 0.495 e. The minimum absolute atomic E-state index is 0.182. The molecule has 1 N–H and O–H groups in total. The lowest BCUT2D eigenvalue weighted by Crippen LogP contribution is -2.31. The predicted octanol–water partition coefficient (Wildman–Crippen LogP) is 0.905. The maximum absolute atomic E-state index is 12.0. The lowest BCUT2D eigenvalue weighted by Gasteiger charge is -2.14. The summed E-state index contributed by atoms with van der Waals surface area (Å²) in [6.07, 6.45) is 0.283. The Kier molecular flexibility index (Phi) is 5.47. The van der Waals surface area contributed by atoms with Crippen LogP contribution in [0.2, 0.25) is 5.02 Å². The molecule has 0 bridgehead atoms. The molecule has 1 aromatic heterocycles. The number of hydrogen-bond donors (Lipinski definition) is 1. The molecule has 1 amide bonds. The van der Waals surface area contributed by atoms with Crippen LogP contribution < -0.4 is 10.1 Å². The molecule has 9 nitrogen and oxygen atoms in total. The molecule has 1 heterocycles. The Bertz CT molecular complexity index is 692. The number of halogens is 1. The molecule has 1 atom stereocenters. The van der Waals surface area contributed by atoms with E-state index in [0.29, 0.717) is 16.5 Å². The van der Waals surface area contributed by atoms with E-state index >= 15 is 0 Å². The van der Waals surface area contributed by atoms with Gasteiger partial charge in [0.15, 0.2) is 6.10 Å². The van der Waals surface area contributed by atoms with Crippen LogP contribution >= 0.6 is 11.6 Å². The summed E-state index contributed by atoms with van der Waals surface area (Å²) in [7, 11) is 1.49. The Balaban J connectivity index is 1.89. The van der Waals surface area contributed by atoms with E-state index in [0.717, 1.165) is 0 Å². The Morgan fingerprint density at radius 2 is 2.22 bits per heavy atom. The van der Waals surface area contributed by atoms with Crippen LogP contribution in [0, 0.1) is 0 Å². The van der Waals surface area contributed by atoms with Crippen molar-refractivity contribution in [2.24, 2.45) is 0 Å². The number of methoxy groups -OCH3 is 1. The Morgan fingerprint density at radius 3 is 2.83 bits per heavy atom. The molecule has 0 fully saturated rings. The normalized spacial score (nSPS) is 11.6. The standard InChI is InChI=1S/C13H14ClN5O4/c1-8(23-12(20)6-19-7-15-17-18-19)13(21)16-9-3-4-11(22-2)10(14)5-9/h3-5,7-8H,6H2,1-2H3,(H,16,21)/t8-/m1/s1. The summed E-state index contributed by atoms with van der Waals surface area (Å²) in [6.45, 7) is 1.27. The van der Waals surface area contributed by atoms with E-state index in [1.165, 1.54) is 31.1 Å². The molecule has 0 aliphatic rings. The molecule has 122 valence electrons. The molecule has 0 unspecified atom stereocenters. The molecular weight excluding hydrogens is 326 g/mol. The van der Waals surface area contributed by atoms with Gasteiger partial charge in [0, 0.05) is 5.69 Å². The van der Waals surface area contributed by atoms with Gasteiger partial charge in [0.05, 0.1) is 12.1 Å². The number of hydrogen-bond acceptors (Lipinski definition) is 7. The third kappa shape index (κ3) is 4.65. The number of carbonyl (C=O) groups excluding carboxylic acids is 2. The number of tetrazole rings is 1. The highest BCUT2D eigenvalue weighted by atomic mass is 35.5. The van der Waals surface area contributed by atoms with Crippen LogP contribution in [0.25, 0.3) is 0 Å². The first-order chi connectivity index (χ1) is 11.0. The highest BCUT2D eigenvalue weighted by molar-refractivity contribution is 6.32.